The van der Waals surface area contributed by atoms with E-state index in [2.05, 4.69) is 4.98 Å². The number of benzene rings is 2. The van der Waals surface area contributed by atoms with E-state index in [9.17, 15) is 9.18 Å². The zero-order chi connectivity index (χ0) is 20.3. The third-order valence-electron chi connectivity index (χ3n) is 4.86. The van der Waals surface area contributed by atoms with Gasteiger partial charge in [0.1, 0.15) is 23.7 Å². The van der Waals surface area contributed by atoms with Gasteiger partial charge in [-0.3, -0.25) is 4.90 Å². The molecule has 1 atom stereocenters. The Bertz CT molecular complexity index is 973. The van der Waals surface area contributed by atoms with Crippen molar-refractivity contribution in [2.75, 3.05) is 20.3 Å². The molecule has 0 unspecified atom stereocenters. The van der Waals surface area contributed by atoms with Gasteiger partial charge in [0.25, 0.3) is 0 Å². The highest BCUT2D eigenvalue weighted by Gasteiger charge is 2.37. The number of H-pyrrole nitrogens is 1. The van der Waals surface area contributed by atoms with E-state index in [1.165, 1.54) is 17.0 Å². The van der Waals surface area contributed by atoms with Crippen LogP contribution in [0.3, 0.4) is 0 Å². The summed E-state index contributed by atoms with van der Waals surface area (Å²) in [6, 6.07) is 11.5. The van der Waals surface area contributed by atoms with Crippen LogP contribution in [0.5, 0.6) is 5.75 Å². The first-order valence-electron chi connectivity index (χ1n) is 8.91. The molecule has 0 bridgehead atoms. The predicted octanol–water partition coefficient (Wildman–Crippen LogP) is 5.34. The summed E-state index contributed by atoms with van der Waals surface area (Å²) in [5.74, 6) is 0.264. The van der Waals surface area contributed by atoms with Crippen LogP contribution in [0.15, 0.2) is 48.7 Å². The maximum absolute atomic E-state index is 13.4. The Morgan fingerprint density at radius 2 is 1.96 bits per heavy atom. The van der Waals surface area contributed by atoms with Crippen LogP contribution in [-0.2, 0) is 10.3 Å². The number of halogens is 2. The zero-order valence-corrected chi connectivity index (χ0v) is 16.7. The predicted molar refractivity (Wildman–Crippen MR) is 107 cm³/mol. The summed E-state index contributed by atoms with van der Waals surface area (Å²) in [6.45, 7) is 3.98. The molecule has 5 nitrogen and oxygen atoms in total. The Morgan fingerprint density at radius 3 is 2.64 bits per heavy atom. The largest absolute Gasteiger partial charge is 0.489 e. The lowest BCUT2D eigenvalue weighted by Crippen LogP contribution is -2.49. The number of amides is 1. The molecule has 1 amide bonds. The molecule has 7 heteroatoms. The monoisotopic (exact) mass is 404 g/mol. The average Bonchev–Trinajstić information content (AvgIpc) is 3.08. The molecule has 3 rings (SSSR count). The molecule has 28 heavy (non-hydrogen) atoms. The highest BCUT2D eigenvalue weighted by Crippen LogP contribution is 2.33. The fourth-order valence-corrected chi connectivity index (χ4v) is 3.18. The summed E-state index contributed by atoms with van der Waals surface area (Å²) in [5, 5.41) is 1.44. The number of nitrogens with one attached hydrogen (secondary N) is 1. The molecule has 0 saturated carbocycles. The summed E-state index contributed by atoms with van der Waals surface area (Å²) in [7, 11) is 1.64. The fraction of sp³-hybridized carbons (Fsp3) is 0.286. The van der Waals surface area contributed by atoms with Gasteiger partial charge < -0.3 is 14.5 Å². The molecule has 0 spiro atoms. The van der Waals surface area contributed by atoms with Crippen molar-refractivity contribution in [3.05, 3.63) is 65.1 Å². The molecule has 0 saturated heterocycles. The van der Waals surface area contributed by atoms with Crippen LogP contribution in [0.4, 0.5) is 9.18 Å². The topological polar surface area (TPSA) is 54.6 Å². The van der Waals surface area contributed by atoms with Gasteiger partial charge in [0.2, 0.25) is 0 Å². The molecule has 1 heterocycles. The second kappa shape index (κ2) is 8.10. The van der Waals surface area contributed by atoms with Gasteiger partial charge in [0.15, 0.2) is 0 Å². The SMILES string of the molecule is CCOC(=O)N(C)[C@](C)(COc1c[nH]c2ccc(Cl)cc12)c1ccc(F)cc1. The van der Waals surface area contributed by atoms with Crippen LogP contribution in [0, 0.1) is 5.82 Å². The Morgan fingerprint density at radius 1 is 1.25 bits per heavy atom. The van der Waals surface area contributed by atoms with Gasteiger partial charge >= 0.3 is 6.09 Å². The fourth-order valence-electron chi connectivity index (χ4n) is 3.01. The summed E-state index contributed by atoms with van der Waals surface area (Å²) >= 11 is 6.10. The van der Waals surface area contributed by atoms with Gasteiger partial charge in [-0.25, -0.2) is 9.18 Å². The molecular formula is C21H22ClFN2O3. The number of hydrogen-bond acceptors (Lipinski definition) is 3. The van der Waals surface area contributed by atoms with Gasteiger partial charge in [-0.05, 0) is 49.7 Å². The van der Waals surface area contributed by atoms with Crippen molar-refractivity contribution in [3.63, 3.8) is 0 Å². The van der Waals surface area contributed by atoms with E-state index in [-0.39, 0.29) is 19.0 Å². The average molecular weight is 405 g/mol. The van der Waals surface area contributed by atoms with Crippen LogP contribution in [0.25, 0.3) is 10.9 Å². The van der Waals surface area contributed by atoms with Gasteiger partial charge in [0, 0.05) is 29.2 Å². The number of ether oxygens (including phenoxy) is 2. The molecule has 2 aromatic carbocycles. The van der Waals surface area contributed by atoms with E-state index in [0.717, 1.165) is 16.5 Å². The number of aromatic nitrogens is 1. The summed E-state index contributed by atoms with van der Waals surface area (Å²) < 4.78 is 24.7. The standard InChI is InChI=1S/C21H22ClFN2O3/c1-4-27-20(26)25(3)21(2,14-5-8-16(23)9-6-14)13-28-19-12-24-18-10-7-15(22)11-17(18)19/h5-12,24H,4,13H2,1-3H3/t21-/m1/s1. The van der Waals surface area contributed by atoms with E-state index < -0.39 is 11.6 Å². The van der Waals surface area contributed by atoms with Crippen molar-refractivity contribution >= 4 is 28.6 Å². The molecule has 0 aliphatic heterocycles. The minimum Gasteiger partial charge on any atom is -0.489 e. The van der Waals surface area contributed by atoms with Crippen LogP contribution >= 0.6 is 11.6 Å². The minimum absolute atomic E-state index is 0.132. The van der Waals surface area contributed by atoms with Crippen molar-refractivity contribution in [2.24, 2.45) is 0 Å². The van der Waals surface area contributed by atoms with Crippen molar-refractivity contribution in [2.45, 2.75) is 19.4 Å². The lowest BCUT2D eigenvalue weighted by Gasteiger charge is -2.38. The molecule has 148 valence electrons. The Kier molecular flexibility index (Phi) is 5.79. The second-order valence-electron chi connectivity index (χ2n) is 6.67. The van der Waals surface area contributed by atoms with Crippen molar-refractivity contribution < 1.29 is 18.7 Å². The quantitative estimate of drug-likeness (QED) is 0.603. The summed E-state index contributed by atoms with van der Waals surface area (Å²) in [5.41, 5.74) is 0.728. The van der Waals surface area contributed by atoms with Crippen LogP contribution in [-0.4, -0.2) is 36.2 Å². The number of carbonyl (C=O) groups is 1. The second-order valence-corrected chi connectivity index (χ2v) is 7.11. The van der Waals surface area contributed by atoms with E-state index >= 15 is 0 Å². The molecule has 0 radical (unpaired) electrons. The van der Waals surface area contributed by atoms with Gasteiger partial charge in [-0.1, -0.05) is 23.7 Å². The van der Waals surface area contributed by atoms with E-state index in [0.29, 0.717) is 10.8 Å². The normalized spacial score (nSPS) is 13.2. The first kappa shape index (κ1) is 20.0. The van der Waals surface area contributed by atoms with Crippen LogP contribution in [0.1, 0.15) is 19.4 Å². The smallest absolute Gasteiger partial charge is 0.410 e. The third kappa shape index (κ3) is 3.92. The maximum atomic E-state index is 13.4. The maximum Gasteiger partial charge on any atom is 0.410 e. The zero-order valence-electron chi connectivity index (χ0n) is 16.0. The van der Waals surface area contributed by atoms with Crippen molar-refractivity contribution in [1.29, 1.82) is 0 Å². The van der Waals surface area contributed by atoms with E-state index in [1.807, 2.05) is 19.1 Å². The molecule has 0 aliphatic carbocycles. The molecule has 0 fully saturated rings. The van der Waals surface area contributed by atoms with Crippen molar-refractivity contribution in [3.8, 4) is 5.75 Å². The molecule has 0 aliphatic rings. The van der Waals surface area contributed by atoms with Gasteiger partial charge in [0.05, 0.1) is 6.61 Å². The van der Waals surface area contributed by atoms with Crippen molar-refractivity contribution in [1.82, 2.24) is 9.88 Å². The third-order valence-corrected chi connectivity index (χ3v) is 5.10. The highest BCUT2D eigenvalue weighted by atomic mass is 35.5. The first-order valence-corrected chi connectivity index (χ1v) is 9.29. The molecule has 1 N–H and O–H groups in total. The number of rotatable bonds is 6. The Balaban J connectivity index is 1.93. The minimum atomic E-state index is -0.887. The summed E-state index contributed by atoms with van der Waals surface area (Å²) in [4.78, 5) is 17.0. The van der Waals surface area contributed by atoms with Gasteiger partial charge in [-0.15, -0.1) is 0 Å². The molecule has 1 aromatic heterocycles. The van der Waals surface area contributed by atoms with Crippen LogP contribution < -0.4 is 4.74 Å². The Hall–Kier alpha value is -2.73. The number of aromatic amines is 1. The highest BCUT2D eigenvalue weighted by molar-refractivity contribution is 6.31. The van der Waals surface area contributed by atoms with E-state index in [4.69, 9.17) is 21.1 Å². The lowest BCUT2D eigenvalue weighted by atomic mass is 9.91. The molecule has 3 aromatic rings. The Labute approximate surface area is 168 Å². The summed E-state index contributed by atoms with van der Waals surface area (Å²) in [6.07, 6.45) is 1.26. The number of nitrogens with zero attached hydrogens (tertiary/aromatic N) is 1. The number of fused-ring (bicyclic) bond motifs is 1. The first-order chi connectivity index (χ1) is 13.3. The lowest BCUT2D eigenvalue weighted by molar-refractivity contribution is 0.0476. The number of carbonyl (C=O) groups excluding carboxylic acids is 1. The molecular weight excluding hydrogens is 383 g/mol. The number of hydrogen-bond donors (Lipinski definition) is 1. The van der Waals surface area contributed by atoms with Gasteiger partial charge in [-0.2, -0.15) is 0 Å². The number of likely N-dealkylation sites (N-methyl/N-ethyl adjacent to an activating group) is 1. The van der Waals surface area contributed by atoms with E-state index in [1.54, 1.807) is 38.4 Å². The van der Waals surface area contributed by atoms with Crippen LogP contribution in [0.2, 0.25) is 5.02 Å².